The van der Waals surface area contributed by atoms with Crippen molar-refractivity contribution in [2.75, 3.05) is 20.2 Å². The Kier molecular flexibility index (Phi) is 4.16. The molecule has 0 aliphatic heterocycles. The van der Waals surface area contributed by atoms with Gasteiger partial charge in [-0.25, -0.2) is 0 Å². The van der Waals surface area contributed by atoms with Crippen molar-refractivity contribution in [2.45, 2.75) is 38.3 Å². The summed E-state index contributed by atoms with van der Waals surface area (Å²) in [7, 11) is 2.01. The lowest BCUT2D eigenvalue weighted by Crippen LogP contribution is -2.37. The number of aliphatic hydroxyl groups is 2. The van der Waals surface area contributed by atoms with E-state index in [9.17, 15) is 5.11 Å². The Bertz CT molecular complexity index is 152. The fraction of sp³-hybridized carbons (Fsp3) is 1.00. The highest BCUT2D eigenvalue weighted by atomic mass is 16.3. The Morgan fingerprint density at radius 2 is 2.15 bits per heavy atom. The maximum atomic E-state index is 9.60. The molecule has 3 heteroatoms. The van der Waals surface area contributed by atoms with E-state index in [1.54, 1.807) is 0 Å². The summed E-state index contributed by atoms with van der Waals surface area (Å²) < 4.78 is 0. The molecule has 0 aromatic carbocycles. The van der Waals surface area contributed by atoms with Gasteiger partial charge in [0.1, 0.15) is 0 Å². The van der Waals surface area contributed by atoms with Gasteiger partial charge in [0.15, 0.2) is 0 Å². The summed E-state index contributed by atoms with van der Waals surface area (Å²) in [6.07, 6.45) is 3.11. The van der Waals surface area contributed by atoms with Crippen molar-refractivity contribution in [3.05, 3.63) is 0 Å². The highest BCUT2D eigenvalue weighted by molar-refractivity contribution is 4.79. The zero-order chi connectivity index (χ0) is 9.84. The predicted octanol–water partition coefficient (Wildman–Crippen LogP) is 0.460. The van der Waals surface area contributed by atoms with Gasteiger partial charge < -0.3 is 15.1 Å². The summed E-state index contributed by atoms with van der Waals surface area (Å²) in [6.45, 7) is 3.10. The van der Waals surface area contributed by atoms with Crippen LogP contribution in [0.5, 0.6) is 0 Å². The number of hydrogen-bond donors (Lipinski definition) is 2. The summed E-state index contributed by atoms with van der Waals surface area (Å²) in [4.78, 5) is 2.12. The molecule has 0 aromatic rings. The maximum absolute atomic E-state index is 9.60. The van der Waals surface area contributed by atoms with E-state index >= 15 is 0 Å². The third kappa shape index (κ3) is 2.93. The van der Waals surface area contributed by atoms with Crippen LogP contribution in [0, 0.1) is 5.92 Å². The molecular formula is C10H21NO2. The lowest BCUT2D eigenvalue weighted by molar-refractivity contribution is 0.0844. The molecule has 0 radical (unpaired) electrons. The second-order valence-corrected chi connectivity index (χ2v) is 4.23. The molecule has 0 heterocycles. The highest BCUT2D eigenvalue weighted by Crippen LogP contribution is 2.26. The minimum Gasteiger partial charge on any atom is -0.395 e. The third-order valence-corrected chi connectivity index (χ3v) is 3.16. The van der Waals surface area contributed by atoms with E-state index < -0.39 is 0 Å². The summed E-state index contributed by atoms with van der Waals surface area (Å²) in [5, 5.41) is 18.5. The molecule has 1 aliphatic carbocycles. The van der Waals surface area contributed by atoms with Crippen LogP contribution in [0.25, 0.3) is 0 Å². The molecule has 3 atom stereocenters. The van der Waals surface area contributed by atoms with E-state index in [0.29, 0.717) is 5.92 Å². The van der Waals surface area contributed by atoms with E-state index in [1.165, 1.54) is 0 Å². The predicted molar refractivity (Wildman–Crippen MR) is 52.5 cm³/mol. The van der Waals surface area contributed by atoms with Crippen molar-refractivity contribution in [1.82, 2.24) is 4.90 Å². The van der Waals surface area contributed by atoms with Gasteiger partial charge in [0.05, 0.1) is 12.7 Å². The smallest absolute Gasteiger partial charge is 0.0584 e. The molecule has 0 amide bonds. The first-order valence-corrected chi connectivity index (χ1v) is 5.14. The summed E-state index contributed by atoms with van der Waals surface area (Å²) in [6, 6.07) is 0.202. The van der Waals surface area contributed by atoms with E-state index in [2.05, 4.69) is 4.90 Å². The molecular weight excluding hydrogens is 166 g/mol. The fourth-order valence-electron chi connectivity index (χ4n) is 1.92. The van der Waals surface area contributed by atoms with Gasteiger partial charge in [-0.2, -0.15) is 0 Å². The zero-order valence-electron chi connectivity index (χ0n) is 8.61. The first-order chi connectivity index (χ1) is 6.15. The van der Waals surface area contributed by atoms with Crippen LogP contribution in [-0.4, -0.2) is 47.5 Å². The van der Waals surface area contributed by atoms with E-state index in [4.69, 9.17) is 5.11 Å². The molecule has 1 rings (SSSR count). The van der Waals surface area contributed by atoms with Crippen molar-refractivity contribution in [2.24, 2.45) is 5.92 Å². The molecule has 3 unspecified atom stereocenters. The van der Waals surface area contributed by atoms with Crippen LogP contribution < -0.4 is 0 Å². The maximum Gasteiger partial charge on any atom is 0.0584 e. The topological polar surface area (TPSA) is 43.7 Å². The molecule has 78 valence electrons. The highest BCUT2D eigenvalue weighted by Gasteiger charge is 2.26. The Hall–Kier alpha value is -0.120. The molecule has 2 N–H and O–H groups in total. The van der Waals surface area contributed by atoms with Crippen LogP contribution in [-0.2, 0) is 0 Å². The zero-order valence-corrected chi connectivity index (χ0v) is 8.61. The van der Waals surface area contributed by atoms with Gasteiger partial charge in [0, 0.05) is 12.6 Å². The molecule has 13 heavy (non-hydrogen) atoms. The second kappa shape index (κ2) is 4.94. The largest absolute Gasteiger partial charge is 0.395 e. The average molecular weight is 187 g/mol. The van der Waals surface area contributed by atoms with Gasteiger partial charge in [0.25, 0.3) is 0 Å². The van der Waals surface area contributed by atoms with Gasteiger partial charge >= 0.3 is 0 Å². The third-order valence-electron chi connectivity index (χ3n) is 3.16. The summed E-state index contributed by atoms with van der Waals surface area (Å²) in [5.74, 6) is 0.416. The van der Waals surface area contributed by atoms with Gasteiger partial charge in [-0.1, -0.05) is 6.42 Å². The Morgan fingerprint density at radius 3 is 2.62 bits per heavy atom. The number of rotatable bonds is 4. The number of hydrogen-bond acceptors (Lipinski definition) is 3. The van der Waals surface area contributed by atoms with Gasteiger partial charge in [0.2, 0.25) is 0 Å². The van der Waals surface area contributed by atoms with Gasteiger partial charge in [-0.05, 0) is 32.7 Å². The molecule has 1 saturated carbocycles. The van der Waals surface area contributed by atoms with Crippen LogP contribution in [0.1, 0.15) is 26.2 Å². The molecule has 0 saturated heterocycles. The molecule has 3 nitrogen and oxygen atoms in total. The SMILES string of the molecule is CC(CO)N(C)CC1CCCC1O. The second-order valence-electron chi connectivity index (χ2n) is 4.23. The van der Waals surface area contributed by atoms with E-state index in [-0.39, 0.29) is 18.8 Å². The van der Waals surface area contributed by atoms with Crippen molar-refractivity contribution >= 4 is 0 Å². The lowest BCUT2D eigenvalue weighted by Gasteiger charge is -2.27. The van der Waals surface area contributed by atoms with Crippen LogP contribution >= 0.6 is 0 Å². The minimum atomic E-state index is -0.117. The summed E-state index contributed by atoms with van der Waals surface area (Å²) >= 11 is 0. The van der Waals surface area contributed by atoms with Crippen molar-refractivity contribution in [3.63, 3.8) is 0 Å². The quantitative estimate of drug-likeness (QED) is 0.672. The van der Waals surface area contributed by atoms with E-state index in [0.717, 1.165) is 25.8 Å². The average Bonchev–Trinajstić information content (AvgIpc) is 2.50. The first-order valence-electron chi connectivity index (χ1n) is 5.14. The van der Waals surface area contributed by atoms with Crippen molar-refractivity contribution in [3.8, 4) is 0 Å². The number of likely N-dealkylation sites (N-methyl/N-ethyl adjacent to an activating group) is 1. The molecule has 0 bridgehead atoms. The van der Waals surface area contributed by atoms with Crippen LogP contribution in [0.3, 0.4) is 0 Å². The molecule has 0 spiro atoms. The normalized spacial score (nSPS) is 31.2. The lowest BCUT2D eigenvalue weighted by atomic mass is 10.1. The minimum absolute atomic E-state index is 0.117. The monoisotopic (exact) mass is 187 g/mol. The van der Waals surface area contributed by atoms with Crippen molar-refractivity contribution < 1.29 is 10.2 Å². The number of aliphatic hydroxyl groups excluding tert-OH is 2. The Morgan fingerprint density at radius 1 is 1.46 bits per heavy atom. The van der Waals surface area contributed by atoms with Crippen LogP contribution in [0.15, 0.2) is 0 Å². The Balaban J connectivity index is 2.30. The first kappa shape index (κ1) is 11.0. The molecule has 0 aromatic heterocycles. The Labute approximate surface area is 80.4 Å². The van der Waals surface area contributed by atoms with Crippen LogP contribution in [0.4, 0.5) is 0 Å². The fourth-order valence-corrected chi connectivity index (χ4v) is 1.92. The van der Waals surface area contributed by atoms with Gasteiger partial charge in [-0.3, -0.25) is 0 Å². The molecule has 1 aliphatic rings. The number of nitrogens with zero attached hydrogens (tertiary/aromatic N) is 1. The molecule has 1 fully saturated rings. The van der Waals surface area contributed by atoms with Crippen molar-refractivity contribution in [1.29, 1.82) is 0 Å². The standard InChI is InChI=1S/C10H21NO2/c1-8(7-12)11(2)6-9-4-3-5-10(9)13/h8-10,12-13H,3-7H2,1-2H3. The summed E-state index contributed by atoms with van der Waals surface area (Å²) in [5.41, 5.74) is 0. The van der Waals surface area contributed by atoms with E-state index in [1.807, 2.05) is 14.0 Å². The van der Waals surface area contributed by atoms with Gasteiger partial charge in [-0.15, -0.1) is 0 Å². The van der Waals surface area contributed by atoms with Crippen LogP contribution in [0.2, 0.25) is 0 Å².